The molecule has 3 aliphatic rings. The molecule has 3 aliphatic heterocycles. The van der Waals surface area contributed by atoms with E-state index in [2.05, 4.69) is 0 Å². The third kappa shape index (κ3) is 11.3. The third-order valence-corrected chi connectivity index (χ3v) is 11.2. The summed E-state index contributed by atoms with van der Waals surface area (Å²) in [6.45, 7) is 4.13. The van der Waals surface area contributed by atoms with Gasteiger partial charge in [0, 0.05) is 5.56 Å². The normalized spacial score (nSPS) is 26.8. The molecule has 5 aromatic carbocycles. The lowest BCUT2D eigenvalue weighted by Gasteiger charge is -2.50. The molecule has 0 aromatic heterocycles. The molecule has 1 N–H and O–H groups in total. The number of carbonyl (C=O) groups excluding carboxylic acids is 5. The van der Waals surface area contributed by atoms with Crippen LogP contribution in [0.3, 0.4) is 0 Å². The molecule has 0 aliphatic carbocycles. The van der Waals surface area contributed by atoms with Crippen LogP contribution in [-0.4, -0.2) is 110 Å². The minimum absolute atomic E-state index is 0.0786. The Balaban J connectivity index is 1.23. The second-order valence-corrected chi connectivity index (χ2v) is 17.2. The van der Waals surface area contributed by atoms with Crippen LogP contribution in [0.2, 0.25) is 0 Å². The highest BCUT2D eigenvalue weighted by Crippen LogP contribution is 2.39. The van der Waals surface area contributed by atoms with Gasteiger partial charge >= 0.3 is 29.8 Å². The maximum atomic E-state index is 14.2. The molecule has 8 rings (SSSR count). The summed E-state index contributed by atoms with van der Waals surface area (Å²) in [5, 5.41) is 12.2. The van der Waals surface area contributed by atoms with Gasteiger partial charge in [-0.1, -0.05) is 103 Å². The molecule has 11 atom stereocenters. The SMILES string of the molecule is CC(C)(C)C(=O)O[C@H]1O[C@@H]2COC(c3ccccc3)O[C@H]2[C@H](O[C@@H]2O[C@H](COC(=O)c3ccccc3)[C@@H](OC(=O)c3ccccc3)[C@H](OC(=O)c3ccccc3)[C@H]2OC(=O)c2ccccc2)[C@H]1O. The van der Waals surface area contributed by atoms with Crippen molar-refractivity contribution < 1.29 is 76.4 Å². The highest BCUT2D eigenvalue weighted by molar-refractivity contribution is 5.91. The van der Waals surface area contributed by atoms with E-state index in [9.17, 15) is 29.1 Å². The highest BCUT2D eigenvalue weighted by Gasteiger charge is 2.58. The summed E-state index contributed by atoms with van der Waals surface area (Å²) in [6, 6.07) is 40.8. The molecule has 3 fully saturated rings. The lowest BCUT2D eigenvalue weighted by molar-refractivity contribution is -0.388. The summed E-state index contributed by atoms with van der Waals surface area (Å²) in [5.41, 5.74) is 0.0548. The van der Waals surface area contributed by atoms with Crippen LogP contribution in [0.25, 0.3) is 0 Å². The van der Waals surface area contributed by atoms with Crippen molar-refractivity contribution in [1.29, 1.82) is 0 Å². The zero-order valence-corrected chi connectivity index (χ0v) is 37.3. The molecule has 0 spiro atoms. The van der Waals surface area contributed by atoms with Gasteiger partial charge in [0.15, 0.2) is 30.9 Å². The van der Waals surface area contributed by atoms with Crippen LogP contribution < -0.4 is 0 Å². The summed E-state index contributed by atoms with van der Waals surface area (Å²) in [5.74, 6) is -4.22. The molecule has 0 radical (unpaired) electrons. The van der Waals surface area contributed by atoms with Crippen molar-refractivity contribution in [2.45, 2.75) is 88.5 Å². The van der Waals surface area contributed by atoms with Gasteiger partial charge in [-0.25, -0.2) is 19.2 Å². The molecule has 16 nitrogen and oxygen atoms in total. The standard InChI is InChI=1S/C52H50O16/c1-52(2,3)51(58)68-49-38(53)41(39-37(61-49)30-60-48(66-39)35-27-17-8-18-28-35)67-50-43(65-47(57)34-25-15-7-16-26-34)42(64-46(56)33-23-13-6-14-24-33)40(63-45(55)32-21-11-5-12-22-32)36(62-50)29-59-44(54)31-19-9-4-10-20-31/h4-28,36-43,48-50,53H,29-30H2,1-3H3/t36-,37-,38-,39-,40-,41-,42+,43-,48?,49-,50+/m1/s1. The average molecular weight is 931 g/mol. The fourth-order valence-electron chi connectivity index (χ4n) is 7.67. The number of hydrogen-bond acceptors (Lipinski definition) is 16. The molecule has 68 heavy (non-hydrogen) atoms. The molecule has 0 saturated carbocycles. The van der Waals surface area contributed by atoms with E-state index in [1.54, 1.807) is 118 Å². The maximum Gasteiger partial charge on any atom is 0.338 e. The quantitative estimate of drug-likeness (QED) is 0.100. The number of esters is 5. The highest BCUT2D eigenvalue weighted by atomic mass is 16.8. The number of aliphatic hydroxyl groups is 1. The Morgan fingerprint density at radius 2 is 0.985 bits per heavy atom. The second kappa shape index (κ2) is 21.4. The number of aliphatic hydroxyl groups excluding tert-OH is 1. The number of rotatable bonds is 13. The van der Waals surface area contributed by atoms with Gasteiger partial charge in [0.1, 0.15) is 37.1 Å². The van der Waals surface area contributed by atoms with Gasteiger partial charge in [-0.05, 0) is 69.3 Å². The van der Waals surface area contributed by atoms with Crippen molar-refractivity contribution in [3.8, 4) is 0 Å². The first-order valence-corrected chi connectivity index (χ1v) is 22.0. The van der Waals surface area contributed by atoms with Crippen molar-refractivity contribution in [1.82, 2.24) is 0 Å². The number of fused-ring (bicyclic) bond motifs is 1. The smallest absolute Gasteiger partial charge is 0.338 e. The number of carbonyl (C=O) groups is 5. The second-order valence-electron chi connectivity index (χ2n) is 17.2. The summed E-state index contributed by atoms with van der Waals surface area (Å²) >= 11 is 0. The molecule has 0 bridgehead atoms. The predicted molar refractivity (Wildman–Crippen MR) is 237 cm³/mol. The first-order valence-electron chi connectivity index (χ1n) is 22.0. The van der Waals surface area contributed by atoms with E-state index in [0.717, 1.165) is 0 Å². The Kier molecular flexibility index (Phi) is 15.0. The topological polar surface area (TPSA) is 198 Å². The van der Waals surface area contributed by atoms with E-state index >= 15 is 0 Å². The van der Waals surface area contributed by atoms with Crippen molar-refractivity contribution in [3.63, 3.8) is 0 Å². The van der Waals surface area contributed by atoms with Crippen LogP contribution in [0.5, 0.6) is 0 Å². The molecule has 354 valence electrons. The lowest BCUT2D eigenvalue weighted by atomic mass is 9.95. The Morgan fingerprint density at radius 1 is 0.529 bits per heavy atom. The molecule has 16 heteroatoms. The van der Waals surface area contributed by atoms with Gasteiger partial charge in [0.2, 0.25) is 6.29 Å². The number of hydrogen-bond donors (Lipinski definition) is 1. The Bertz CT molecular complexity index is 2480. The van der Waals surface area contributed by atoms with Crippen LogP contribution >= 0.6 is 0 Å². The van der Waals surface area contributed by atoms with Gasteiger partial charge in [0.05, 0.1) is 34.3 Å². The molecular formula is C52H50O16. The first kappa shape index (κ1) is 47.7. The van der Waals surface area contributed by atoms with Crippen LogP contribution in [0.1, 0.15) is 74.1 Å². The summed E-state index contributed by atoms with van der Waals surface area (Å²) in [6.07, 6.45) is -16.8. The molecule has 5 aromatic rings. The summed E-state index contributed by atoms with van der Waals surface area (Å²) in [7, 11) is 0. The van der Waals surface area contributed by atoms with Crippen LogP contribution in [0.15, 0.2) is 152 Å². The van der Waals surface area contributed by atoms with Crippen molar-refractivity contribution in [2.75, 3.05) is 13.2 Å². The molecule has 0 amide bonds. The predicted octanol–water partition coefficient (Wildman–Crippen LogP) is 6.42. The molecule has 1 unspecified atom stereocenters. The van der Waals surface area contributed by atoms with E-state index < -0.39 is 110 Å². The van der Waals surface area contributed by atoms with E-state index in [1.807, 2.05) is 6.07 Å². The van der Waals surface area contributed by atoms with Gasteiger partial charge in [-0.2, -0.15) is 0 Å². The van der Waals surface area contributed by atoms with Gasteiger partial charge in [-0.15, -0.1) is 0 Å². The van der Waals surface area contributed by atoms with Crippen molar-refractivity contribution >= 4 is 29.8 Å². The molecule has 3 saturated heterocycles. The zero-order valence-electron chi connectivity index (χ0n) is 37.3. The Hall–Kier alpha value is -6.79. The van der Waals surface area contributed by atoms with Crippen LogP contribution in [0, 0.1) is 5.41 Å². The lowest BCUT2D eigenvalue weighted by Crippen LogP contribution is -2.67. The minimum atomic E-state index is -1.85. The van der Waals surface area contributed by atoms with Gasteiger partial charge in [0.25, 0.3) is 0 Å². The first-order chi connectivity index (χ1) is 32.8. The summed E-state index contributed by atoms with van der Waals surface area (Å²) < 4.78 is 62.2. The Labute approximate surface area is 391 Å². The van der Waals surface area contributed by atoms with Gasteiger partial charge < -0.3 is 52.5 Å². The summed E-state index contributed by atoms with van der Waals surface area (Å²) in [4.78, 5) is 69.2. The molecular weight excluding hydrogens is 881 g/mol. The fourth-order valence-corrected chi connectivity index (χ4v) is 7.67. The minimum Gasteiger partial charge on any atom is -0.459 e. The number of benzene rings is 5. The van der Waals surface area contributed by atoms with Crippen molar-refractivity contribution in [3.05, 3.63) is 179 Å². The van der Waals surface area contributed by atoms with Crippen LogP contribution in [0.4, 0.5) is 0 Å². The van der Waals surface area contributed by atoms with E-state index in [-0.39, 0.29) is 28.9 Å². The van der Waals surface area contributed by atoms with E-state index in [0.29, 0.717) is 5.56 Å². The maximum absolute atomic E-state index is 14.2. The molecule has 3 heterocycles. The van der Waals surface area contributed by atoms with E-state index in [1.165, 1.54) is 48.5 Å². The van der Waals surface area contributed by atoms with E-state index in [4.69, 9.17) is 47.4 Å². The number of ether oxygens (including phenoxy) is 10. The van der Waals surface area contributed by atoms with Crippen molar-refractivity contribution in [2.24, 2.45) is 5.41 Å². The largest absolute Gasteiger partial charge is 0.459 e. The Morgan fingerprint density at radius 3 is 1.49 bits per heavy atom. The third-order valence-electron chi connectivity index (χ3n) is 11.2. The van der Waals surface area contributed by atoms with Gasteiger partial charge in [-0.3, -0.25) is 4.79 Å². The monoisotopic (exact) mass is 930 g/mol. The zero-order chi connectivity index (χ0) is 47.8. The fraction of sp³-hybridized carbons (Fsp3) is 0.327. The average Bonchev–Trinajstić information content (AvgIpc) is 3.36. The van der Waals surface area contributed by atoms with Crippen LogP contribution in [-0.2, 0) is 52.2 Å².